The number of ether oxygens (including phenoxy) is 1. The molecular weight excluding hydrogens is 292 g/mol. The average Bonchev–Trinajstić information content (AvgIpc) is 2.48. The van der Waals surface area contributed by atoms with Gasteiger partial charge in [0, 0.05) is 5.56 Å². The van der Waals surface area contributed by atoms with E-state index in [1.807, 2.05) is 18.2 Å². The van der Waals surface area contributed by atoms with Gasteiger partial charge in [0.15, 0.2) is 6.61 Å². The molecule has 6 heteroatoms. The molecule has 0 aliphatic carbocycles. The van der Waals surface area contributed by atoms with E-state index in [0.29, 0.717) is 22.0 Å². The third-order valence-corrected chi connectivity index (χ3v) is 2.86. The summed E-state index contributed by atoms with van der Waals surface area (Å²) >= 11 is 6.00. The van der Waals surface area contributed by atoms with Crippen molar-refractivity contribution in [3.8, 4) is 5.75 Å². The Morgan fingerprint density at radius 2 is 1.95 bits per heavy atom. The number of aliphatic carboxylic acids is 1. The maximum Gasteiger partial charge on any atom is 0.341 e. The van der Waals surface area contributed by atoms with Crippen molar-refractivity contribution in [3.05, 3.63) is 59.1 Å². The average molecular weight is 305 g/mol. The van der Waals surface area contributed by atoms with Crippen molar-refractivity contribution in [1.29, 1.82) is 0 Å². The van der Waals surface area contributed by atoms with E-state index in [1.165, 1.54) is 0 Å². The number of nitrogens with zero attached hydrogens (tertiary/aromatic N) is 1. The number of hydrazone groups is 1. The van der Waals surface area contributed by atoms with Crippen LogP contribution in [0, 0.1) is 0 Å². The summed E-state index contributed by atoms with van der Waals surface area (Å²) in [6.07, 6.45) is 1.54. The molecule has 0 bridgehead atoms. The Morgan fingerprint density at radius 3 is 2.71 bits per heavy atom. The van der Waals surface area contributed by atoms with Gasteiger partial charge < -0.3 is 9.84 Å². The summed E-state index contributed by atoms with van der Waals surface area (Å²) < 4.78 is 5.18. The lowest BCUT2D eigenvalue weighted by atomic mass is 10.2. The molecule has 0 atom stereocenters. The lowest BCUT2D eigenvalue weighted by Gasteiger charge is -2.06. The van der Waals surface area contributed by atoms with Gasteiger partial charge in [0.1, 0.15) is 5.75 Å². The van der Waals surface area contributed by atoms with Gasteiger partial charge in [0.25, 0.3) is 0 Å². The Hall–Kier alpha value is -2.53. The molecule has 108 valence electrons. The molecular formula is C15H13ClN2O3. The molecule has 2 rings (SSSR count). The molecule has 2 N–H and O–H groups in total. The Kier molecular flexibility index (Phi) is 5.17. The number of nitrogens with one attached hydrogen (secondary N) is 1. The Labute approximate surface area is 126 Å². The maximum atomic E-state index is 10.5. The highest BCUT2D eigenvalue weighted by atomic mass is 35.5. The summed E-state index contributed by atoms with van der Waals surface area (Å²) in [7, 11) is 0. The quantitative estimate of drug-likeness (QED) is 0.635. The summed E-state index contributed by atoms with van der Waals surface area (Å²) in [5, 5.41) is 13.3. The number of anilines is 1. The van der Waals surface area contributed by atoms with Gasteiger partial charge in [-0.05, 0) is 24.3 Å². The SMILES string of the molecule is O=C(O)COc1ccccc1/C=N\Nc1ccccc1Cl. The van der Waals surface area contributed by atoms with Crippen LogP contribution < -0.4 is 10.2 Å². The van der Waals surface area contributed by atoms with Crippen LogP contribution in [0.4, 0.5) is 5.69 Å². The second-order valence-electron chi connectivity index (χ2n) is 4.07. The van der Waals surface area contributed by atoms with Crippen molar-refractivity contribution in [1.82, 2.24) is 0 Å². The molecule has 0 saturated carbocycles. The number of hydrogen-bond acceptors (Lipinski definition) is 4. The second-order valence-corrected chi connectivity index (χ2v) is 4.48. The number of carboxylic acids is 1. The summed E-state index contributed by atoms with van der Waals surface area (Å²) in [5.74, 6) is -0.583. The summed E-state index contributed by atoms with van der Waals surface area (Å²) in [6, 6.07) is 14.2. The Balaban J connectivity index is 2.07. The molecule has 0 heterocycles. The second kappa shape index (κ2) is 7.31. The topological polar surface area (TPSA) is 70.9 Å². The Bertz CT molecular complexity index is 659. The zero-order chi connectivity index (χ0) is 15.1. The molecule has 5 nitrogen and oxygen atoms in total. The minimum absolute atomic E-state index is 0.400. The highest BCUT2D eigenvalue weighted by molar-refractivity contribution is 6.33. The number of para-hydroxylation sites is 2. The molecule has 2 aromatic rings. The maximum absolute atomic E-state index is 10.5. The molecule has 2 aromatic carbocycles. The van der Waals surface area contributed by atoms with E-state index < -0.39 is 12.6 Å². The smallest absolute Gasteiger partial charge is 0.341 e. The highest BCUT2D eigenvalue weighted by Gasteiger charge is 2.03. The monoisotopic (exact) mass is 304 g/mol. The zero-order valence-corrected chi connectivity index (χ0v) is 11.7. The molecule has 21 heavy (non-hydrogen) atoms. The first-order chi connectivity index (χ1) is 10.2. The van der Waals surface area contributed by atoms with Crippen LogP contribution in [0.5, 0.6) is 5.75 Å². The third kappa shape index (κ3) is 4.50. The van der Waals surface area contributed by atoms with Crippen molar-refractivity contribution in [2.24, 2.45) is 5.10 Å². The minimum Gasteiger partial charge on any atom is -0.481 e. The van der Waals surface area contributed by atoms with Crippen molar-refractivity contribution < 1.29 is 14.6 Å². The fourth-order valence-corrected chi connectivity index (χ4v) is 1.76. The van der Waals surface area contributed by atoms with Crippen molar-refractivity contribution in [2.45, 2.75) is 0 Å². The van der Waals surface area contributed by atoms with E-state index >= 15 is 0 Å². The number of rotatable bonds is 6. The largest absolute Gasteiger partial charge is 0.481 e. The standard InChI is InChI=1S/C15H13ClN2O3/c16-12-6-2-3-7-13(12)18-17-9-11-5-1-4-8-14(11)21-10-15(19)20/h1-9,18H,10H2,(H,19,20)/b17-9-. The number of benzene rings is 2. The number of carbonyl (C=O) groups is 1. The van der Waals surface area contributed by atoms with Gasteiger partial charge in [0.2, 0.25) is 0 Å². The van der Waals surface area contributed by atoms with Gasteiger partial charge in [0.05, 0.1) is 16.9 Å². The van der Waals surface area contributed by atoms with Crippen LogP contribution in [-0.2, 0) is 4.79 Å². The zero-order valence-electron chi connectivity index (χ0n) is 11.0. The van der Waals surface area contributed by atoms with Crippen molar-refractivity contribution in [3.63, 3.8) is 0 Å². The van der Waals surface area contributed by atoms with Crippen LogP contribution in [0.25, 0.3) is 0 Å². The molecule has 0 aliphatic rings. The lowest BCUT2D eigenvalue weighted by molar-refractivity contribution is -0.139. The fourth-order valence-electron chi connectivity index (χ4n) is 1.58. The summed E-state index contributed by atoms with van der Waals surface area (Å²) in [6.45, 7) is -0.400. The molecule has 0 fully saturated rings. The van der Waals surface area contributed by atoms with Crippen molar-refractivity contribution >= 4 is 29.5 Å². The van der Waals surface area contributed by atoms with Crippen LogP contribution >= 0.6 is 11.6 Å². The van der Waals surface area contributed by atoms with E-state index in [0.717, 1.165) is 0 Å². The van der Waals surface area contributed by atoms with Gasteiger partial charge >= 0.3 is 5.97 Å². The lowest BCUT2D eigenvalue weighted by Crippen LogP contribution is -2.10. The molecule has 0 amide bonds. The summed E-state index contributed by atoms with van der Waals surface area (Å²) in [4.78, 5) is 10.5. The van der Waals surface area contributed by atoms with Crippen LogP contribution in [0.1, 0.15) is 5.56 Å². The molecule has 0 unspecified atom stereocenters. The van der Waals surface area contributed by atoms with Crippen LogP contribution in [-0.4, -0.2) is 23.9 Å². The predicted octanol–water partition coefficient (Wildman–Crippen LogP) is 3.25. The first-order valence-corrected chi connectivity index (χ1v) is 6.52. The van der Waals surface area contributed by atoms with Gasteiger partial charge in [-0.15, -0.1) is 0 Å². The third-order valence-electron chi connectivity index (χ3n) is 2.53. The highest BCUT2D eigenvalue weighted by Crippen LogP contribution is 2.20. The molecule has 0 radical (unpaired) electrons. The van der Waals surface area contributed by atoms with Crippen LogP contribution in [0.2, 0.25) is 5.02 Å². The normalized spacial score (nSPS) is 10.5. The van der Waals surface area contributed by atoms with Crippen molar-refractivity contribution in [2.75, 3.05) is 12.0 Å². The van der Waals surface area contributed by atoms with Gasteiger partial charge in [-0.2, -0.15) is 5.10 Å². The minimum atomic E-state index is -1.03. The number of halogens is 1. The van der Waals surface area contributed by atoms with Gasteiger partial charge in [-0.3, -0.25) is 5.43 Å². The number of hydrogen-bond donors (Lipinski definition) is 2. The molecule has 0 aliphatic heterocycles. The predicted molar refractivity (Wildman–Crippen MR) is 82.2 cm³/mol. The van der Waals surface area contributed by atoms with E-state index in [2.05, 4.69) is 10.5 Å². The Morgan fingerprint density at radius 1 is 1.24 bits per heavy atom. The van der Waals surface area contributed by atoms with Crippen LogP contribution in [0.3, 0.4) is 0 Å². The van der Waals surface area contributed by atoms with Crippen LogP contribution in [0.15, 0.2) is 53.6 Å². The molecule has 0 saturated heterocycles. The summed E-state index contributed by atoms with van der Waals surface area (Å²) in [5.41, 5.74) is 4.16. The molecule has 0 spiro atoms. The first-order valence-electron chi connectivity index (χ1n) is 6.14. The fraction of sp³-hybridized carbons (Fsp3) is 0.0667. The molecule has 0 aromatic heterocycles. The first kappa shape index (κ1) is 14.9. The van der Waals surface area contributed by atoms with E-state index in [9.17, 15) is 4.79 Å². The van der Waals surface area contributed by atoms with E-state index in [4.69, 9.17) is 21.4 Å². The van der Waals surface area contributed by atoms with Gasteiger partial charge in [-0.25, -0.2) is 4.79 Å². The van der Waals surface area contributed by atoms with Gasteiger partial charge in [-0.1, -0.05) is 35.9 Å². The van der Waals surface area contributed by atoms with E-state index in [1.54, 1.807) is 36.5 Å². The number of carboxylic acid groups (broad SMARTS) is 1. The van der Waals surface area contributed by atoms with E-state index in [-0.39, 0.29) is 0 Å².